The van der Waals surface area contributed by atoms with Crippen molar-refractivity contribution in [2.45, 2.75) is 24.0 Å². The average molecular weight is 436 g/mol. The maximum Gasteiger partial charge on any atom is 0.416 e. The molecule has 12 heteroatoms. The molecule has 1 amide bonds. The molecule has 0 aliphatic carbocycles. The van der Waals surface area contributed by atoms with Gasteiger partial charge in [0.1, 0.15) is 4.90 Å². The Bertz CT molecular complexity index is 764. The standard InChI is InChI=1S/C14H17ClF3N3O3S.ClH/c1-9(19)13(22)20-4-6-21(7-5-20)25(23,24)12-8-10(14(16,17)18)2-3-11(12)15;/h2-3,8-9H,4-7,19H2,1H3;1H/t9-;/m0./s1. The molecule has 1 aliphatic heterocycles. The van der Waals surface area contributed by atoms with Crippen LogP contribution in [0.5, 0.6) is 0 Å². The Kier molecular flexibility index (Phi) is 7.33. The van der Waals surface area contributed by atoms with E-state index in [1.807, 2.05) is 0 Å². The molecular formula is C14H18Cl2F3N3O3S. The number of benzene rings is 1. The highest BCUT2D eigenvalue weighted by atomic mass is 35.5. The van der Waals surface area contributed by atoms with Gasteiger partial charge in [0.15, 0.2) is 0 Å². The summed E-state index contributed by atoms with van der Waals surface area (Å²) < 4.78 is 64.8. The van der Waals surface area contributed by atoms with Gasteiger partial charge in [0.05, 0.1) is 16.6 Å². The van der Waals surface area contributed by atoms with Crippen LogP contribution < -0.4 is 5.73 Å². The molecule has 26 heavy (non-hydrogen) atoms. The molecule has 0 spiro atoms. The molecule has 6 nitrogen and oxygen atoms in total. The van der Waals surface area contributed by atoms with Gasteiger partial charge in [0.2, 0.25) is 15.9 Å². The van der Waals surface area contributed by atoms with Crippen molar-refractivity contribution in [1.29, 1.82) is 0 Å². The minimum atomic E-state index is -4.68. The molecule has 2 N–H and O–H groups in total. The molecule has 1 heterocycles. The maximum atomic E-state index is 12.8. The number of rotatable bonds is 3. The minimum Gasteiger partial charge on any atom is -0.339 e. The van der Waals surface area contributed by atoms with Crippen molar-refractivity contribution in [3.63, 3.8) is 0 Å². The number of nitrogens with two attached hydrogens (primary N) is 1. The maximum absolute atomic E-state index is 12.8. The van der Waals surface area contributed by atoms with Crippen molar-refractivity contribution in [2.24, 2.45) is 5.73 Å². The van der Waals surface area contributed by atoms with Gasteiger partial charge in [-0.25, -0.2) is 8.42 Å². The molecule has 0 aromatic heterocycles. The SMILES string of the molecule is C[C@H](N)C(=O)N1CCN(S(=O)(=O)c2cc(C(F)(F)F)ccc2Cl)CC1.Cl. The van der Waals surface area contributed by atoms with Gasteiger partial charge in [0, 0.05) is 26.2 Å². The number of alkyl halides is 3. The van der Waals surface area contributed by atoms with Crippen molar-refractivity contribution in [2.75, 3.05) is 26.2 Å². The van der Waals surface area contributed by atoms with E-state index < -0.39 is 32.7 Å². The molecule has 1 saturated heterocycles. The number of piperazine rings is 1. The predicted octanol–water partition coefficient (Wildman–Crippen LogP) is 1.96. The van der Waals surface area contributed by atoms with Crippen molar-refractivity contribution in [1.82, 2.24) is 9.21 Å². The second-order valence-corrected chi connectivity index (χ2v) is 7.97. The third-order valence-corrected chi connectivity index (χ3v) is 6.20. The fourth-order valence-corrected chi connectivity index (χ4v) is 4.38. The largest absolute Gasteiger partial charge is 0.416 e. The Labute approximate surface area is 160 Å². The Morgan fingerprint density at radius 2 is 1.77 bits per heavy atom. The number of hydrogen-bond acceptors (Lipinski definition) is 4. The smallest absolute Gasteiger partial charge is 0.339 e. The first kappa shape index (κ1) is 23.0. The molecule has 0 radical (unpaired) electrons. The van der Waals surface area contributed by atoms with Gasteiger partial charge in [-0.1, -0.05) is 11.6 Å². The molecule has 1 aromatic carbocycles. The van der Waals surface area contributed by atoms with E-state index in [9.17, 15) is 26.4 Å². The van der Waals surface area contributed by atoms with Crippen LogP contribution in [-0.4, -0.2) is 55.8 Å². The number of carbonyl (C=O) groups excluding carboxylic acids is 1. The van der Waals surface area contributed by atoms with E-state index in [1.165, 1.54) is 11.8 Å². The lowest BCUT2D eigenvalue weighted by atomic mass is 10.2. The zero-order valence-corrected chi connectivity index (χ0v) is 16.1. The molecular weight excluding hydrogens is 418 g/mol. The van der Waals surface area contributed by atoms with Crippen molar-refractivity contribution in [3.8, 4) is 0 Å². The summed E-state index contributed by atoms with van der Waals surface area (Å²) in [7, 11) is -4.21. The minimum absolute atomic E-state index is 0. The second-order valence-electron chi connectivity index (χ2n) is 5.66. The summed E-state index contributed by atoms with van der Waals surface area (Å²) in [5.74, 6) is -0.311. The third-order valence-electron chi connectivity index (χ3n) is 3.82. The van der Waals surface area contributed by atoms with E-state index in [0.29, 0.717) is 6.07 Å². The highest BCUT2D eigenvalue weighted by Gasteiger charge is 2.36. The summed E-state index contributed by atoms with van der Waals surface area (Å²) in [6, 6.07) is 1.45. The van der Waals surface area contributed by atoms with Gasteiger partial charge in [-0.05, 0) is 25.1 Å². The number of halogens is 5. The highest BCUT2D eigenvalue weighted by Crippen LogP contribution is 2.34. The molecule has 148 valence electrons. The molecule has 1 aromatic rings. The van der Waals surface area contributed by atoms with Crippen molar-refractivity contribution in [3.05, 3.63) is 28.8 Å². The fraction of sp³-hybridized carbons (Fsp3) is 0.500. The zero-order valence-electron chi connectivity index (χ0n) is 13.7. The first-order valence-electron chi connectivity index (χ1n) is 7.36. The van der Waals surface area contributed by atoms with E-state index >= 15 is 0 Å². The Balaban J connectivity index is 0.00000338. The first-order chi connectivity index (χ1) is 11.4. The van der Waals surface area contributed by atoms with Crippen molar-refractivity contribution >= 4 is 39.9 Å². The Hall–Kier alpha value is -1.07. The van der Waals surface area contributed by atoms with Crippen LogP contribution in [0.15, 0.2) is 23.1 Å². The van der Waals surface area contributed by atoms with Gasteiger partial charge in [-0.15, -0.1) is 12.4 Å². The van der Waals surface area contributed by atoms with E-state index in [4.69, 9.17) is 17.3 Å². The normalized spacial score (nSPS) is 17.5. The van der Waals surface area contributed by atoms with Crippen LogP contribution in [0.4, 0.5) is 13.2 Å². The lowest BCUT2D eigenvalue weighted by molar-refractivity contribution is -0.137. The molecule has 1 fully saturated rings. The second kappa shape index (κ2) is 8.30. The van der Waals surface area contributed by atoms with Gasteiger partial charge in [-0.3, -0.25) is 4.79 Å². The molecule has 0 bridgehead atoms. The van der Waals surface area contributed by atoms with Crippen LogP contribution in [0.25, 0.3) is 0 Å². The lowest BCUT2D eigenvalue weighted by Gasteiger charge is -2.35. The fourth-order valence-electron chi connectivity index (χ4n) is 2.45. The lowest BCUT2D eigenvalue weighted by Crippen LogP contribution is -2.53. The first-order valence-corrected chi connectivity index (χ1v) is 9.17. The summed E-state index contributed by atoms with van der Waals surface area (Å²) in [5.41, 5.74) is 4.41. The van der Waals surface area contributed by atoms with Crippen LogP contribution in [0, 0.1) is 0 Å². The van der Waals surface area contributed by atoms with E-state index in [-0.39, 0.29) is 49.5 Å². The van der Waals surface area contributed by atoms with Crippen LogP contribution >= 0.6 is 24.0 Å². The summed E-state index contributed by atoms with van der Waals surface area (Å²) >= 11 is 5.82. The number of sulfonamides is 1. The number of hydrogen-bond donors (Lipinski definition) is 1. The van der Waals surface area contributed by atoms with Gasteiger partial charge in [0.25, 0.3) is 0 Å². The van der Waals surface area contributed by atoms with Crippen LogP contribution in [0.3, 0.4) is 0 Å². The van der Waals surface area contributed by atoms with Crippen LogP contribution in [-0.2, 0) is 21.0 Å². The average Bonchev–Trinajstić information content (AvgIpc) is 2.53. The van der Waals surface area contributed by atoms with Crippen molar-refractivity contribution < 1.29 is 26.4 Å². The summed E-state index contributed by atoms with van der Waals surface area (Å²) in [4.78, 5) is 12.6. The molecule has 1 aliphatic rings. The predicted molar refractivity (Wildman–Crippen MR) is 92.7 cm³/mol. The van der Waals surface area contributed by atoms with E-state index in [0.717, 1.165) is 16.4 Å². The monoisotopic (exact) mass is 435 g/mol. The topological polar surface area (TPSA) is 83.7 Å². The quantitative estimate of drug-likeness (QED) is 0.786. The molecule has 0 unspecified atom stereocenters. The van der Waals surface area contributed by atoms with E-state index in [2.05, 4.69) is 0 Å². The number of amides is 1. The van der Waals surface area contributed by atoms with Gasteiger partial charge >= 0.3 is 6.18 Å². The van der Waals surface area contributed by atoms with Crippen LogP contribution in [0.1, 0.15) is 12.5 Å². The van der Waals surface area contributed by atoms with Gasteiger partial charge in [-0.2, -0.15) is 17.5 Å². The summed E-state index contributed by atoms with van der Waals surface area (Å²) in [6.45, 7) is 1.64. The molecule has 2 rings (SSSR count). The van der Waals surface area contributed by atoms with Gasteiger partial charge < -0.3 is 10.6 Å². The molecule has 1 atom stereocenters. The Morgan fingerprint density at radius 1 is 1.23 bits per heavy atom. The highest BCUT2D eigenvalue weighted by molar-refractivity contribution is 7.89. The zero-order chi connectivity index (χ0) is 19.0. The van der Waals surface area contributed by atoms with Crippen LogP contribution in [0.2, 0.25) is 5.02 Å². The number of nitrogens with zero attached hydrogens (tertiary/aromatic N) is 2. The number of carbonyl (C=O) groups is 1. The summed E-state index contributed by atoms with van der Waals surface area (Å²) in [6.07, 6.45) is -4.68. The third kappa shape index (κ3) is 4.80. The summed E-state index contributed by atoms with van der Waals surface area (Å²) in [5, 5.41) is -0.290. The Morgan fingerprint density at radius 3 is 2.23 bits per heavy atom. The molecule has 0 saturated carbocycles. The van der Waals surface area contributed by atoms with E-state index in [1.54, 1.807) is 0 Å².